The lowest BCUT2D eigenvalue weighted by atomic mass is 10.1. The number of aliphatic hydroxyl groups is 1. The molecule has 1 nitrogen and oxygen atoms in total. The fraction of sp³-hybridized carbons (Fsp3) is 0.778. The molecule has 0 amide bonds. The fourth-order valence-electron chi connectivity index (χ4n) is 2.11. The van der Waals surface area contributed by atoms with Crippen molar-refractivity contribution in [2.45, 2.75) is 90.6 Å². The van der Waals surface area contributed by atoms with Gasteiger partial charge in [0.15, 0.2) is 0 Å². The van der Waals surface area contributed by atoms with Crippen LogP contribution in [0.25, 0.3) is 0 Å². The smallest absolute Gasteiger partial charge is 0.0723 e. The van der Waals surface area contributed by atoms with Gasteiger partial charge in [0.2, 0.25) is 0 Å². The van der Waals surface area contributed by atoms with Gasteiger partial charge in [-0.2, -0.15) is 0 Å². The largest absolute Gasteiger partial charge is 0.389 e. The van der Waals surface area contributed by atoms with E-state index in [1.807, 2.05) is 12.2 Å². The first kappa shape index (κ1) is 18.4. The summed E-state index contributed by atoms with van der Waals surface area (Å²) in [4.78, 5) is 0. The summed E-state index contributed by atoms with van der Waals surface area (Å²) in [5.74, 6) is 0. The van der Waals surface area contributed by atoms with Crippen molar-refractivity contribution in [2.75, 3.05) is 0 Å². The molecule has 0 fully saturated rings. The third-order valence-electron chi connectivity index (χ3n) is 3.41. The summed E-state index contributed by atoms with van der Waals surface area (Å²) in [6.07, 6.45) is 21.7. The SMILES string of the molecule is CCCCCCCC/C=C\C=C\[C@@H](O)CCCCC. The molecule has 0 aliphatic heterocycles. The van der Waals surface area contributed by atoms with E-state index in [9.17, 15) is 5.11 Å². The van der Waals surface area contributed by atoms with Gasteiger partial charge in [-0.15, -0.1) is 0 Å². The average molecular weight is 266 g/mol. The molecule has 1 heteroatoms. The molecule has 0 unspecified atom stereocenters. The van der Waals surface area contributed by atoms with Crippen LogP contribution >= 0.6 is 0 Å². The van der Waals surface area contributed by atoms with Crippen molar-refractivity contribution in [3.8, 4) is 0 Å². The normalized spacial score (nSPS) is 13.6. The highest BCUT2D eigenvalue weighted by Crippen LogP contribution is 2.07. The molecule has 0 heterocycles. The number of unbranched alkanes of at least 4 members (excludes halogenated alkanes) is 8. The van der Waals surface area contributed by atoms with Crippen molar-refractivity contribution in [3.63, 3.8) is 0 Å². The van der Waals surface area contributed by atoms with Gasteiger partial charge < -0.3 is 5.11 Å². The van der Waals surface area contributed by atoms with Gasteiger partial charge in [0.25, 0.3) is 0 Å². The Morgan fingerprint density at radius 2 is 1.42 bits per heavy atom. The Morgan fingerprint density at radius 1 is 0.789 bits per heavy atom. The molecule has 19 heavy (non-hydrogen) atoms. The zero-order chi connectivity index (χ0) is 14.2. The van der Waals surface area contributed by atoms with Crippen LogP contribution < -0.4 is 0 Å². The molecule has 0 radical (unpaired) electrons. The molecule has 112 valence electrons. The van der Waals surface area contributed by atoms with E-state index in [0.717, 1.165) is 12.8 Å². The van der Waals surface area contributed by atoms with Gasteiger partial charge in [-0.3, -0.25) is 0 Å². The Hall–Kier alpha value is -0.560. The van der Waals surface area contributed by atoms with Crippen LogP contribution in [0.15, 0.2) is 24.3 Å². The molecule has 0 aromatic rings. The van der Waals surface area contributed by atoms with Crippen LogP contribution in [0.5, 0.6) is 0 Å². The van der Waals surface area contributed by atoms with Crippen LogP contribution in [0.2, 0.25) is 0 Å². The van der Waals surface area contributed by atoms with E-state index in [2.05, 4.69) is 26.0 Å². The molecular formula is C18H34O. The zero-order valence-electron chi connectivity index (χ0n) is 13.1. The minimum Gasteiger partial charge on any atom is -0.389 e. The predicted octanol–water partition coefficient (Wildman–Crippen LogP) is 5.79. The molecule has 0 aromatic carbocycles. The van der Waals surface area contributed by atoms with Crippen LogP contribution in [0, 0.1) is 0 Å². The average Bonchev–Trinajstić information content (AvgIpc) is 2.41. The number of hydrogen-bond acceptors (Lipinski definition) is 1. The highest BCUT2D eigenvalue weighted by atomic mass is 16.3. The lowest BCUT2D eigenvalue weighted by Gasteiger charge is -2.03. The Kier molecular flexibility index (Phi) is 15.0. The first-order valence-corrected chi connectivity index (χ1v) is 8.32. The van der Waals surface area contributed by atoms with Gasteiger partial charge in [-0.1, -0.05) is 89.5 Å². The second kappa shape index (κ2) is 15.5. The first-order valence-electron chi connectivity index (χ1n) is 8.32. The Morgan fingerprint density at radius 3 is 2.16 bits per heavy atom. The zero-order valence-corrected chi connectivity index (χ0v) is 13.1. The Bertz CT molecular complexity index is 218. The second-order valence-electron chi connectivity index (χ2n) is 5.43. The molecule has 0 aliphatic rings. The number of hydrogen-bond donors (Lipinski definition) is 1. The summed E-state index contributed by atoms with van der Waals surface area (Å²) in [6.45, 7) is 4.44. The molecular weight excluding hydrogens is 232 g/mol. The Balaban J connectivity index is 3.35. The molecule has 0 saturated heterocycles. The Labute approximate surface area is 120 Å². The summed E-state index contributed by atoms with van der Waals surface area (Å²) in [5, 5.41) is 9.68. The van der Waals surface area contributed by atoms with E-state index in [1.54, 1.807) is 0 Å². The third kappa shape index (κ3) is 15.4. The molecule has 0 spiro atoms. The van der Waals surface area contributed by atoms with Crippen LogP contribution in [0.1, 0.15) is 84.5 Å². The van der Waals surface area contributed by atoms with Crippen molar-refractivity contribution < 1.29 is 5.11 Å². The van der Waals surface area contributed by atoms with Gasteiger partial charge in [-0.05, 0) is 19.3 Å². The summed E-state index contributed by atoms with van der Waals surface area (Å²) >= 11 is 0. The quantitative estimate of drug-likeness (QED) is 0.330. The van der Waals surface area contributed by atoms with Gasteiger partial charge in [-0.25, -0.2) is 0 Å². The maximum atomic E-state index is 9.68. The molecule has 0 rings (SSSR count). The van der Waals surface area contributed by atoms with Gasteiger partial charge in [0, 0.05) is 0 Å². The van der Waals surface area contributed by atoms with Crippen LogP contribution in [-0.2, 0) is 0 Å². The molecule has 0 aliphatic carbocycles. The van der Waals surface area contributed by atoms with Gasteiger partial charge >= 0.3 is 0 Å². The number of allylic oxidation sites excluding steroid dienone is 3. The van der Waals surface area contributed by atoms with Gasteiger partial charge in [0.05, 0.1) is 6.10 Å². The summed E-state index contributed by atoms with van der Waals surface area (Å²) in [6, 6.07) is 0. The molecule has 1 atom stereocenters. The minimum absolute atomic E-state index is 0.259. The highest BCUT2D eigenvalue weighted by molar-refractivity contribution is 5.04. The predicted molar refractivity (Wildman–Crippen MR) is 86.4 cm³/mol. The van der Waals surface area contributed by atoms with Crippen molar-refractivity contribution >= 4 is 0 Å². The number of aliphatic hydroxyl groups excluding tert-OH is 1. The monoisotopic (exact) mass is 266 g/mol. The summed E-state index contributed by atoms with van der Waals surface area (Å²) < 4.78 is 0. The maximum Gasteiger partial charge on any atom is 0.0723 e. The third-order valence-corrected chi connectivity index (χ3v) is 3.41. The first-order chi connectivity index (χ1) is 9.31. The van der Waals surface area contributed by atoms with E-state index >= 15 is 0 Å². The van der Waals surface area contributed by atoms with Crippen LogP contribution in [0.4, 0.5) is 0 Å². The maximum absolute atomic E-state index is 9.68. The van der Waals surface area contributed by atoms with E-state index < -0.39 is 0 Å². The van der Waals surface area contributed by atoms with E-state index in [1.165, 1.54) is 57.8 Å². The second-order valence-corrected chi connectivity index (χ2v) is 5.43. The van der Waals surface area contributed by atoms with Gasteiger partial charge in [0.1, 0.15) is 0 Å². The van der Waals surface area contributed by atoms with Crippen molar-refractivity contribution in [2.24, 2.45) is 0 Å². The van der Waals surface area contributed by atoms with E-state index in [-0.39, 0.29) is 6.10 Å². The molecule has 0 bridgehead atoms. The molecule has 0 saturated carbocycles. The summed E-state index contributed by atoms with van der Waals surface area (Å²) in [5.41, 5.74) is 0. The molecule has 1 N–H and O–H groups in total. The minimum atomic E-state index is -0.259. The molecule has 0 aromatic heterocycles. The fourth-order valence-corrected chi connectivity index (χ4v) is 2.11. The topological polar surface area (TPSA) is 20.2 Å². The van der Waals surface area contributed by atoms with Crippen molar-refractivity contribution in [3.05, 3.63) is 24.3 Å². The van der Waals surface area contributed by atoms with Crippen molar-refractivity contribution in [1.29, 1.82) is 0 Å². The summed E-state index contributed by atoms with van der Waals surface area (Å²) in [7, 11) is 0. The van der Waals surface area contributed by atoms with Crippen LogP contribution in [0.3, 0.4) is 0 Å². The van der Waals surface area contributed by atoms with E-state index in [0.29, 0.717) is 0 Å². The standard InChI is InChI=1S/C18H34O/c1-3-5-7-8-9-10-11-12-13-15-17-18(19)16-14-6-4-2/h12-13,15,17-19H,3-11,14,16H2,1-2H3/b13-12-,17-15+/t18-/m0/s1. The van der Waals surface area contributed by atoms with Crippen LogP contribution in [-0.4, -0.2) is 11.2 Å². The lowest BCUT2D eigenvalue weighted by molar-refractivity contribution is 0.208. The lowest BCUT2D eigenvalue weighted by Crippen LogP contribution is -2.00. The van der Waals surface area contributed by atoms with Crippen molar-refractivity contribution in [1.82, 2.24) is 0 Å². The van der Waals surface area contributed by atoms with E-state index in [4.69, 9.17) is 0 Å². The number of rotatable bonds is 13. The highest BCUT2D eigenvalue weighted by Gasteiger charge is 1.96.